The number of nitrogens with zero attached hydrogens (tertiary/aromatic N) is 2. The topological polar surface area (TPSA) is 86.8 Å². The minimum Gasteiger partial charge on any atom is -0.357 e. The first-order valence-electron chi connectivity index (χ1n) is 12.4. The van der Waals surface area contributed by atoms with Crippen molar-refractivity contribution >= 4 is 39.1 Å². The number of halogens is 1. The van der Waals surface area contributed by atoms with E-state index in [1.165, 1.54) is 4.31 Å². The number of amides is 2. The second-order valence-electron chi connectivity index (χ2n) is 9.19. The highest BCUT2D eigenvalue weighted by atomic mass is 35.5. The van der Waals surface area contributed by atoms with Crippen molar-refractivity contribution in [3.63, 3.8) is 0 Å². The number of nitrogens with one attached hydrogen (secondary N) is 1. The van der Waals surface area contributed by atoms with Crippen molar-refractivity contribution in [1.82, 2.24) is 10.2 Å². The van der Waals surface area contributed by atoms with Gasteiger partial charge in [-0.3, -0.25) is 13.9 Å². The number of likely N-dealkylation sites (N-methyl/N-ethyl adjacent to an activating group) is 1. The maximum absolute atomic E-state index is 13.7. The summed E-state index contributed by atoms with van der Waals surface area (Å²) >= 11 is 6.08. The number of rotatable bonds is 12. The average Bonchev–Trinajstić information content (AvgIpc) is 2.89. The van der Waals surface area contributed by atoms with Crippen molar-refractivity contribution in [3.8, 4) is 0 Å². The predicted octanol–water partition coefficient (Wildman–Crippen LogP) is 4.58. The van der Waals surface area contributed by atoms with Gasteiger partial charge >= 0.3 is 0 Å². The van der Waals surface area contributed by atoms with Gasteiger partial charge in [-0.15, -0.1) is 0 Å². The zero-order valence-corrected chi connectivity index (χ0v) is 23.5. The van der Waals surface area contributed by atoms with E-state index < -0.39 is 16.1 Å². The smallest absolute Gasteiger partial charge is 0.242 e. The molecule has 3 rings (SSSR count). The fourth-order valence-corrected chi connectivity index (χ4v) is 5.47. The molecule has 0 aliphatic rings. The van der Waals surface area contributed by atoms with Gasteiger partial charge in [0, 0.05) is 38.0 Å². The van der Waals surface area contributed by atoms with Gasteiger partial charge in [-0.05, 0) is 48.2 Å². The lowest BCUT2D eigenvalue weighted by atomic mass is 10.0. The van der Waals surface area contributed by atoms with Gasteiger partial charge in [0.25, 0.3) is 0 Å². The fourth-order valence-electron chi connectivity index (χ4n) is 4.33. The summed E-state index contributed by atoms with van der Waals surface area (Å²) < 4.78 is 26.3. The molecular weight excluding hydrogens is 522 g/mol. The summed E-state index contributed by atoms with van der Waals surface area (Å²) in [5.74, 6) is -0.482. The molecule has 0 radical (unpaired) electrons. The van der Waals surface area contributed by atoms with Crippen molar-refractivity contribution in [1.29, 1.82) is 0 Å². The third kappa shape index (κ3) is 8.07. The Morgan fingerprint density at radius 3 is 2.29 bits per heavy atom. The second-order valence-corrected chi connectivity index (χ2v) is 11.5. The molecule has 1 atom stereocenters. The number of anilines is 1. The van der Waals surface area contributed by atoms with Crippen LogP contribution in [0.2, 0.25) is 5.02 Å². The van der Waals surface area contributed by atoms with Crippen LogP contribution in [0.1, 0.15) is 29.5 Å². The first kappa shape index (κ1) is 29.2. The molecule has 0 saturated carbocycles. The Balaban J connectivity index is 1.85. The third-order valence-corrected chi connectivity index (χ3v) is 7.80. The Labute approximate surface area is 230 Å². The second kappa shape index (κ2) is 13.4. The highest BCUT2D eigenvalue weighted by molar-refractivity contribution is 7.92. The van der Waals surface area contributed by atoms with Crippen LogP contribution in [-0.2, 0) is 32.6 Å². The van der Waals surface area contributed by atoms with Crippen molar-refractivity contribution in [2.75, 3.05) is 24.2 Å². The molecule has 0 unspecified atom stereocenters. The number of benzene rings is 3. The van der Waals surface area contributed by atoms with Gasteiger partial charge in [-0.1, -0.05) is 72.3 Å². The minimum absolute atomic E-state index is 0.0702. The molecule has 0 bridgehead atoms. The Hall–Kier alpha value is -3.36. The molecule has 3 aromatic rings. The zero-order valence-electron chi connectivity index (χ0n) is 21.9. The Kier molecular flexibility index (Phi) is 10.3. The quantitative estimate of drug-likeness (QED) is 0.354. The maximum atomic E-state index is 13.7. The van der Waals surface area contributed by atoms with Crippen LogP contribution < -0.4 is 9.62 Å². The van der Waals surface area contributed by atoms with Crippen LogP contribution in [0, 0.1) is 6.92 Å². The molecule has 0 heterocycles. The molecule has 2 amide bonds. The molecule has 9 heteroatoms. The first-order chi connectivity index (χ1) is 18.1. The summed E-state index contributed by atoms with van der Waals surface area (Å²) in [7, 11) is -2.03. The van der Waals surface area contributed by atoms with Gasteiger partial charge in [0.1, 0.15) is 6.04 Å². The molecule has 0 aliphatic carbocycles. The van der Waals surface area contributed by atoms with E-state index in [-0.39, 0.29) is 37.7 Å². The van der Waals surface area contributed by atoms with E-state index in [4.69, 9.17) is 11.6 Å². The van der Waals surface area contributed by atoms with E-state index in [1.54, 1.807) is 36.2 Å². The fraction of sp³-hybridized carbons (Fsp3) is 0.310. The standard InChI is InChI=1S/C29H34ClN3O4S/c1-22-11-7-8-14-24(22)21-32(27(29(35)31-2)19-23-12-5-4-6-13-23)28(34)17-10-18-33(38(3,36)37)26-16-9-15-25(30)20-26/h4-9,11-16,20,27H,10,17-19,21H2,1-3H3,(H,31,35)/t27-/m0/s1. The Morgan fingerprint density at radius 1 is 0.974 bits per heavy atom. The molecule has 3 aromatic carbocycles. The molecule has 7 nitrogen and oxygen atoms in total. The lowest BCUT2D eigenvalue weighted by molar-refractivity contribution is -0.141. The maximum Gasteiger partial charge on any atom is 0.242 e. The average molecular weight is 556 g/mol. The predicted molar refractivity (Wildman–Crippen MR) is 153 cm³/mol. The highest BCUT2D eigenvalue weighted by Crippen LogP contribution is 2.23. The van der Waals surface area contributed by atoms with Gasteiger partial charge < -0.3 is 10.2 Å². The van der Waals surface area contributed by atoms with E-state index >= 15 is 0 Å². The van der Waals surface area contributed by atoms with Crippen molar-refractivity contribution in [2.24, 2.45) is 0 Å². The van der Waals surface area contributed by atoms with E-state index in [1.807, 2.05) is 61.5 Å². The number of carbonyl (C=O) groups excluding carboxylic acids is 2. The highest BCUT2D eigenvalue weighted by Gasteiger charge is 2.30. The first-order valence-corrected chi connectivity index (χ1v) is 14.7. The van der Waals surface area contributed by atoms with Gasteiger partial charge in [-0.2, -0.15) is 0 Å². The summed E-state index contributed by atoms with van der Waals surface area (Å²) in [5, 5.41) is 3.13. The molecule has 0 spiro atoms. The summed E-state index contributed by atoms with van der Waals surface area (Å²) in [6.07, 6.45) is 1.83. The van der Waals surface area contributed by atoms with Crippen molar-refractivity contribution < 1.29 is 18.0 Å². The van der Waals surface area contributed by atoms with Crippen LogP contribution in [0.5, 0.6) is 0 Å². The summed E-state index contributed by atoms with van der Waals surface area (Å²) in [4.78, 5) is 28.4. The van der Waals surface area contributed by atoms with E-state index in [9.17, 15) is 18.0 Å². The minimum atomic E-state index is -3.60. The van der Waals surface area contributed by atoms with Gasteiger partial charge in [0.05, 0.1) is 11.9 Å². The van der Waals surface area contributed by atoms with Crippen LogP contribution >= 0.6 is 11.6 Å². The lowest BCUT2D eigenvalue weighted by Crippen LogP contribution is -2.50. The largest absolute Gasteiger partial charge is 0.357 e. The number of hydrogen-bond donors (Lipinski definition) is 1. The zero-order chi connectivity index (χ0) is 27.7. The van der Waals surface area contributed by atoms with Gasteiger partial charge in [0.15, 0.2) is 0 Å². The molecule has 0 aliphatic heterocycles. The van der Waals surface area contributed by atoms with E-state index in [0.29, 0.717) is 17.1 Å². The number of carbonyl (C=O) groups is 2. The SMILES string of the molecule is CNC(=O)[C@H](Cc1ccccc1)N(Cc1ccccc1C)C(=O)CCCN(c1cccc(Cl)c1)S(C)(=O)=O. The van der Waals surface area contributed by atoms with Crippen molar-refractivity contribution in [2.45, 2.75) is 38.8 Å². The molecule has 0 saturated heterocycles. The van der Waals surface area contributed by atoms with E-state index in [0.717, 1.165) is 22.9 Å². The number of hydrogen-bond acceptors (Lipinski definition) is 4. The molecule has 1 N–H and O–H groups in total. The van der Waals surface area contributed by atoms with Crippen LogP contribution in [0.25, 0.3) is 0 Å². The summed E-state index contributed by atoms with van der Waals surface area (Å²) in [6, 6.07) is 23.2. The molecule has 38 heavy (non-hydrogen) atoms. The molecule has 0 aromatic heterocycles. The van der Waals surface area contributed by atoms with Gasteiger partial charge in [0.2, 0.25) is 21.8 Å². The Bertz CT molecular complexity index is 1350. The summed E-state index contributed by atoms with van der Waals surface area (Å²) in [6.45, 7) is 2.34. The van der Waals surface area contributed by atoms with Crippen LogP contribution in [-0.4, -0.2) is 51.0 Å². The number of sulfonamides is 1. The monoisotopic (exact) mass is 555 g/mol. The Morgan fingerprint density at radius 2 is 1.66 bits per heavy atom. The van der Waals surface area contributed by atoms with Crippen LogP contribution in [0.15, 0.2) is 78.9 Å². The van der Waals surface area contributed by atoms with Gasteiger partial charge in [-0.25, -0.2) is 8.42 Å². The normalized spacial score (nSPS) is 12.0. The van der Waals surface area contributed by atoms with Crippen LogP contribution in [0.3, 0.4) is 0 Å². The third-order valence-electron chi connectivity index (χ3n) is 6.37. The molecule has 0 fully saturated rings. The van der Waals surface area contributed by atoms with Crippen molar-refractivity contribution in [3.05, 3.63) is 101 Å². The summed E-state index contributed by atoms with van der Waals surface area (Å²) in [5.41, 5.74) is 3.34. The number of aryl methyl sites for hydroxylation is 1. The molecular formula is C29H34ClN3O4S. The lowest BCUT2D eigenvalue weighted by Gasteiger charge is -2.32. The van der Waals surface area contributed by atoms with Crippen LogP contribution in [0.4, 0.5) is 5.69 Å². The molecule has 202 valence electrons. The van der Waals surface area contributed by atoms with E-state index in [2.05, 4.69) is 5.32 Å².